The number of esters is 1. The van der Waals surface area contributed by atoms with Crippen LogP contribution in [-0.2, 0) is 22.5 Å². The number of nitrogens with one attached hydrogen (secondary N) is 2. The Bertz CT molecular complexity index is 2060. The van der Waals surface area contributed by atoms with Crippen molar-refractivity contribution in [3.63, 3.8) is 0 Å². The Balaban J connectivity index is 0.000000224. The molecule has 1 aliphatic carbocycles. The molecule has 0 bridgehead atoms. The monoisotopic (exact) mass is 682 g/mol. The predicted octanol–water partition coefficient (Wildman–Crippen LogP) is 3.76. The first-order chi connectivity index (χ1) is 22.9. The van der Waals surface area contributed by atoms with Gasteiger partial charge in [-0.1, -0.05) is 24.8 Å². The van der Waals surface area contributed by atoms with Crippen LogP contribution in [0.4, 0.5) is 13.2 Å². The van der Waals surface area contributed by atoms with Gasteiger partial charge in [0.15, 0.2) is 5.69 Å². The van der Waals surface area contributed by atoms with Gasteiger partial charge in [-0.25, -0.2) is 14.6 Å². The number of amides is 2. The normalized spacial score (nSPS) is 13.7. The van der Waals surface area contributed by atoms with Crippen molar-refractivity contribution in [1.82, 2.24) is 39.0 Å². The summed E-state index contributed by atoms with van der Waals surface area (Å²) in [6.07, 6.45) is -0.819. The molecule has 1 aliphatic rings. The van der Waals surface area contributed by atoms with Gasteiger partial charge in [0.25, 0.3) is 11.7 Å². The van der Waals surface area contributed by atoms with E-state index in [0.717, 1.165) is 28.4 Å². The van der Waals surface area contributed by atoms with Gasteiger partial charge in [-0.2, -0.15) is 36.5 Å². The molecule has 3 aromatic heterocycles. The minimum Gasteiger partial charge on any atom is -0.477 e. The maximum absolute atomic E-state index is 13.0. The summed E-state index contributed by atoms with van der Waals surface area (Å²) in [6.45, 7) is 5.34. The third-order valence-corrected chi connectivity index (χ3v) is 7.84. The van der Waals surface area contributed by atoms with Crippen LogP contribution in [0.2, 0.25) is 0 Å². The molecule has 0 aliphatic heterocycles. The van der Waals surface area contributed by atoms with Crippen LogP contribution in [-0.4, -0.2) is 70.0 Å². The van der Waals surface area contributed by atoms with E-state index in [9.17, 15) is 37.5 Å². The molecule has 0 unspecified atom stereocenters. The number of halogens is 3. The number of ether oxygens (including phenoxy) is 1. The Kier molecular flexibility index (Phi) is 9.74. The first kappa shape index (κ1) is 33.6. The van der Waals surface area contributed by atoms with Crippen LogP contribution in [0.3, 0.4) is 0 Å². The van der Waals surface area contributed by atoms with Crippen molar-refractivity contribution in [3.8, 4) is 0 Å². The SMILES string of the molecule is C=CCOC(=O)c1ccc2c(c1C)CC[C@@H]2NC(=O)c1cc(C(=O)O)nc2ncnn12.O=C(NCc1ccc2nsnc2c1)C(F)(F)F. The maximum Gasteiger partial charge on any atom is 0.471 e. The number of nitrogens with zero attached hydrogens (tertiary/aromatic N) is 6. The molecule has 14 nitrogen and oxygen atoms in total. The van der Waals surface area contributed by atoms with E-state index in [-0.39, 0.29) is 36.4 Å². The third-order valence-electron chi connectivity index (χ3n) is 7.28. The fraction of sp³-hybridized carbons (Fsp3) is 0.233. The minimum absolute atomic E-state index is 0.0229. The highest BCUT2D eigenvalue weighted by Gasteiger charge is 2.38. The number of carbonyl (C=O) groups excluding carboxylic acids is 3. The van der Waals surface area contributed by atoms with E-state index in [2.05, 4.69) is 35.7 Å². The van der Waals surface area contributed by atoms with Gasteiger partial charge in [0.05, 0.1) is 23.3 Å². The van der Waals surface area contributed by atoms with Crippen molar-refractivity contribution in [1.29, 1.82) is 0 Å². The van der Waals surface area contributed by atoms with Crippen molar-refractivity contribution < 1.29 is 42.2 Å². The van der Waals surface area contributed by atoms with Gasteiger partial charge in [0, 0.05) is 12.6 Å². The maximum atomic E-state index is 13.0. The minimum atomic E-state index is -4.85. The lowest BCUT2D eigenvalue weighted by Gasteiger charge is -2.16. The quantitative estimate of drug-likeness (QED) is 0.160. The molecular weight excluding hydrogens is 657 g/mol. The van der Waals surface area contributed by atoms with E-state index in [0.29, 0.717) is 35.0 Å². The molecule has 48 heavy (non-hydrogen) atoms. The average Bonchev–Trinajstić information content (AvgIpc) is 3.82. The Hall–Kier alpha value is -5.78. The third kappa shape index (κ3) is 7.27. The zero-order valence-corrected chi connectivity index (χ0v) is 25.8. The molecule has 0 radical (unpaired) electrons. The molecule has 2 aromatic carbocycles. The number of hydrogen-bond acceptors (Lipinski definition) is 11. The van der Waals surface area contributed by atoms with Gasteiger partial charge in [0.1, 0.15) is 29.7 Å². The number of hydrogen-bond donors (Lipinski definition) is 3. The topological polar surface area (TPSA) is 191 Å². The fourth-order valence-corrected chi connectivity index (χ4v) is 5.52. The Morgan fingerprint density at radius 3 is 2.65 bits per heavy atom. The van der Waals surface area contributed by atoms with Crippen LogP contribution < -0.4 is 10.6 Å². The zero-order chi connectivity index (χ0) is 34.6. The van der Waals surface area contributed by atoms with Crippen molar-refractivity contribution in [2.75, 3.05) is 6.61 Å². The average molecular weight is 683 g/mol. The highest BCUT2D eigenvalue weighted by Crippen LogP contribution is 2.35. The van der Waals surface area contributed by atoms with E-state index >= 15 is 0 Å². The number of rotatable bonds is 8. The molecule has 0 fully saturated rings. The van der Waals surface area contributed by atoms with Gasteiger partial charge >= 0.3 is 24.0 Å². The summed E-state index contributed by atoms with van der Waals surface area (Å²) in [5.74, 6) is -4.11. The van der Waals surface area contributed by atoms with Crippen molar-refractivity contribution in [2.24, 2.45) is 0 Å². The van der Waals surface area contributed by atoms with Crippen molar-refractivity contribution in [2.45, 2.75) is 38.5 Å². The van der Waals surface area contributed by atoms with E-state index in [1.807, 2.05) is 13.0 Å². The van der Waals surface area contributed by atoms with Crippen LogP contribution in [0.5, 0.6) is 0 Å². The summed E-state index contributed by atoms with van der Waals surface area (Å²) in [5, 5.41) is 17.9. The molecule has 0 spiro atoms. The number of carbonyl (C=O) groups is 4. The van der Waals surface area contributed by atoms with Gasteiger partial charge in [-0.05, 0) is 60.2 Å². The lowest BCUT2D eigenvalue weighted by Crippen LogP contribution is -2.36. The standard InChI is InChI=1S/C21H19N5O5.C9H6F3N3OS/c1-3-8-31-20(30)13-4-5-14-12(11(13)2)6-7-15(14)24-18(27)17-9-16(19(28)29)25-21-22-10-23-26(17)21;10-9(11,12)8(16)13-4-5-1-2-6-7(3-5)15-17-14-6/h3-5,9-10,15H,1,6-8H2,2H3,(H,24,27)(H,28,29);1-3H,4H2,(H,13,16)/t15-;/m0./s1. The number of aromatic carboxylic acids is 1. The van der Waals surface area contributed by atoms with Gasteiger partial charge in [0.2, 0.25) is 0 Å². The molecule has 6 rings (SSSR count). The van der Waals surface area contributed by atoms with Gasteiger partial charge in [-0.15, -0.1) is 0 Å². The Morgan fingerprint density at radius 1 is 1.15 bits per heavy atom. The predicted molar refractivity (Wildman–Crippen MR) is 163 cm³/mol. The number of benzene rings is 2. The first-order valence-electron chi connectivity index (χ1n) is 14.1. The molecule has 248 valence electrons. The van der Waals surface area contributed by atoms with E-state index < -0.39 is 29.9 Å². The molecule has 2 amide bonds. The second-order valence-electron chi connectivity index (χ2n) is 10.3. The number of aromatic nitrogens is 6. The van der Waals surface area contributed by atoms with E-state index in [1.165, 1.54) is 23.0 Å². The van der Waals surface area contributed by atoms with Crippen LogP contribution >= 0.6 is 11.7 Å². The van der Waals surface area contributed by atoms with Crippen LogP contribution in [0.15, 0.2) is 55.4 Å². The van der Waals surface area contributed by atoms with Crippen LogP contribution in [0.25, 0.3) is 16.8 Å². The number of carboxylic acids is 1. The molecule has 1 atom stereocenters. The molecule has 0 saturated carbocycles. The Morgan fingerprint density at radius 2 is 1.92 bits per heavy atom. The van der Waals surface area contributed by atoms with Gasteiger partial charge < -0.3 is 20.5 Å². The summed E-state index contributed by atoms with van der Waals surface area (Å²) < 4.78 is 50.0. The lowest BCUT2D eigenvalue weighted by atomic mass is 9.98. The number of fused-ring (bicyclic) bond motifs is 3. The summed E-state index contributed by atoms with van der Waals surface area (Å²) >= 11 is 1.02. The largest absolute Gasteiger partial charge is 0.477 e. The molecular formula is C30H25F3N8O6S. The summed E-state index contributed by atoms with van der Waals surface area (Å²) in [7, 11) is 0. The summed E-state index contributed by atoms with van der Waals surface area (Å²) in [5.41, 5.74) is 4.76. The highest BCUT2D eigenvalue weighted by molar-refractivity contribution is 7.00. The van der Waals surface area contributed by atoms with Gasteiger partial charge in [-0.3, -0.25) is 9.59 Å². The Labute approximate surface area is 273 Å². The number of alkyl halides is 3. The van der Waals surface area contributed by atoms with Crippen LogP contribution in [0.1, 0.15) is 66.1 Å². The van der Waals surface area contributed by atoms with Crippen LogP contribution in [0, 0.1) is 6.92 Å². The van der Waals surface area contributed by atoms with E-state index in [4.69, 9.17) is 4.74 Å². The second-order valence-corrected chi connectivity index (χ2v) is 10.9. The lowest BCUT2D eigenvalue weighted by molar-refractivity contribution is -0.173. The first-order valence-corrected chi connectivity index (χ1v) is 14.8. The smallest absolute Gasteiger partial charge is 0.471 e. The zero-order valence-electron chi connectivity index (χ0n) is 24.9. The summed E-state index contributed by atoms with van der Waals surface area (Å²) in [6, 6.07) is 9.21. The number of carboxylic acid groups (broad SMARTS) is 1. The second kappa shape index (κ2) is 13.9. The molecule has 18 heteroatoms. The fourth-order valence-electron chi connectivity index (χ4n) is 5.00. The van der Waals surface area contributed by atoms with Crippen molar-refractivity contribution in [3.05, 3.63) is 94.6 Å². The molecule has 0 saturated heterocycles. The molecule has 5 aromatic rings. The highest BCUT2D eigenvalue weighted by atomic mass is 32.1. The molecule has 3 heterocycles. The van der Waals surface area contributed by atoms with Crippen molar-refractivity contribution >= 4 is 52.3 Å². The molecule has 3 N–H and O–H groups in total. The summed E-state index contributed by atoms with van der Waals surface area (Å²) in [4.78, 5) is 54.9. The van der Waals surface area contributed by atoms with E-state index in [1.54, 1.807) is 29.6 Å².